The molecule has 4 aromatic carbocycles. The van der Waals surface area contributed by atoms with Crippen molar-refractivity contribution in [2.75, 3.05) is 59.9 Å². The van der Waals surface area contributed by atoms with Crippen molar-refractivity contribution in [2.45, 2.75) is 36.7 Å². The molecule has 50 heavy (non-hydrogen) atoms. The number of hydrogen-bond donors (Lipinski definition) is 1. The average Bonchev–Trinajstić information content (AvgIpc) is 3.17. The molecule has 4 rings (SSSR count). The first-order valence-electron chi connectivity index (χ1n) is 16.5. The summed E-state index contributed by atoms with van der Waals surface area (Å²) in [6, 6.07) is 32.8. The van der Waals surface area contributed by atoms with Crippen molar-refractivity contribution >= 4 is 19.7 Å². The van der Waals surface area contributed by atoms with E-state index in [-0.39, 0.29) is 10.9 Å². The molecular weight excluding hydrogens is 765 g/mol. The van der Waals surface area contributed by atoms with Crippen molar-refractivity contribution < 1.29 is 49.4 Å². The van der Waals surface area contributed by atoms with E-state index in [0.717, 1.165) is 29.7 Å². The van der Waals surface area contributed by atoms with E-state index in [1.807, 2.05) is 97.0 Å². The third-order valence-corrected chi connectivity index (χ3v) is 8.97. The number of methoxy groups -OCH3 is 1. The van der Waals surface area contributed by atoms with Gasteiger partial charge in [0.05, 0.1) is 40.1 Å². The van der Waals surface area contributed by atoms with Gasteiger partial charge in [0.1, 0.15) is 28.1 Å². The summed E-state index contributed by atoms with van der Waals surface area (Å²) in [4.78, 5) is 0.0996. The van der Waals surface area contributed by atoms with Crippen LogP contribution in [0.3, 0.4) is 0 Å². The van der Waals surface area contributed by atoms with Crippen molar-refractivity contribution in [3.63, 3.8) is 0 Å². The summed E-state index contributed by atoms with van der Waals surface area (Å²) in [5, 5.41) is 3.64. The molecule has 0 aliphatic heterocycles. The number of nitrogens with one attached hydrogen (secondary N) is 1. The predicted octanol–water partition coefficient (Wildman–Crippen LogP) is 7.60. The quantitative estimate of drug-likeness (QED) is 0.0604. The molecule has 0 bridgehead atoms. The first-order chi connectivity index (χ1) is 24.5. The fourth-order valence-corrected chi connectivity index (χ4v) is 6.24. The Bertz CT molecular complexity index is 1550. The van der Waals surface area contributed by atoms with Gasteiger partial charge in [-0.2, -0.15) is 0 Å². The van der Waals surface area contributed by atoms with E-state index in [1.54, 1.807) is 19.2 Å². The first kappa shape index (κ1) is 41.6. The summed E-state index contributed by atoms with van der Waals surface area (Å²) in [5.74, 6) is 1.37. The number of benzene rings is 4. The summed E-state index contributed by atoms with van der Waals surface area (Å²) in [5.41, 5.74) is 2.97. The number of rotatable bonds is 23. The van der Waals surface area contributed by atoms with Gasteiger partial charge in [0, 0.05) is 17.5 Å². The van der Waals surface area contributed by atoms with E-state index in [1.165, 1.54) is 17.7 Å². The zero-order valence-electron chi connectivity index (χ0n) is 28.6. The third-order valence-electron chi connectivity index (χ3n) is 7.60. The maximum absolute atomic E-state index is 13.8. The van der Waals surface area contributed by atoms with Crippen LogP contribution in [0.15, 0.2) is 114 Å². The van der Waals surface area contributed by atoms with Gasteiger partial charge < -0.3 is 33.7 Å². The molecule has 0 saturated heterocycles. The van der Waals surface area contributed by atoms with Gasteiger partial charge in [-0.05, 0) is 73.8 Å². The van der Waals surface area contributed by atoms with Gasteiger partial charge in [-0.1, -0.05) is 84.4 Å². The van der Waals surface area contributed by atoms with Crippen LogP contribution in [0.5, 0.6) is 11.5 Å². The van der Waals surface area contributed by atoms with Gasteiger partial charge in [0.25, 0.3) is 0 Å². The number of nitrogens with zero attached hydrogens (tertiary/aromatic N) is 1. The van der Waals surface area contributed by atoms with Gasteiger partial charge in [-0.3, -0.25) is 0 Å². The van der Waals surface area contributed by atoms with E-state index in [0.29, 0.717) is 58.5 Å². The third kappa shape index (κ3) is 14.8. The van der Waals surface area contributed by atoms with Crippen molar-refractivity contribution in [1.82, 2.24) is 5.32 Å². The zero-order chi connectivity index (χ0) is 35.9. The number of ether oxygens (including phenoxy) is 5. The summed E-state index contributed by atoms with van der Waals surface area (Å²) in [7, 11) is 2.19. The Morgan fingerprint density at radius 1 is 0.700 bits per heavy atom. The van der Waals surface area contributed by atoms with E-state index < -0.39 is 16.1 Å². The van der Waals surface area contributed by atoms with E-state index in [2.05, 4.69) is 31.9 Å². The van der Waals surface area contributed by atoms with Gasteiger partial charge in [-0.25, -0.2) is 8.42 Å². The zero-order valence-corrected chi connectivity index (χ0v) is 31.9. The summed E-state index contributed by atoms with van der Waals surface area (Å²) in [6.45, 7) is 6.05. The van der Waals surface area contributed by atoms with Gasteiger partial charge in [0.15, 0.2) is 0 Å². The number of sulfonamides is 1. The van der Waals surface area contributed by atoms with E-state index in [9.17, 15) is 8.42 Å². The Labute approximate surface area is 311 Å². The summed E-state index contributed by atoms with van der Waals surface area (Å²) >= 11 is 1.82. The fourth-order valence-electron chi connectivity index (χ4n) is 5.10. The molecule has 0 fully saturated rings. The molecule has 9 nitrogen and oxygen atoms in total. The molecule has 4 aromatic rings. The second-order valence-electron chi connectivity index (χ2n) is 11.0. The maximum atomic E-state index is 13.8. The molecule has 12 heteroatoms. The molecule has 0 heterocycles. The standard InChI is InChI=1S/C38H47N2O7S.ClH.Ru/c1-3-44-25-26-45-27-28-46-29-30-47-35-20-22-36(23-21-35)48(41,42)40-38(33-14-8-5-9-15-33)37(32-12-6-4-7-13-32)39-24-10-11-31-16-18-34(43-2)19-17-31;;/h4-9,12-23,37-39H,3,10-11,24-30H2,1-2H3;1H;/q-1;;+2/p-1/t37-,38+;;/m0../s1. The summed E-state index contributed by atoms with van der Waals surface area (Å²) < 4.78 is 59.3. The van der Waals surface area contributed by atoms with E-state index in [4.69, 9.17) is 23.7 Å². The fraction of sp³-hybridized carbons (Fsp3) is 0.368. The normalized spacial score (nSPS) is 12.4. The van der Waals surface area contributed by atoms with Crippen LogP contribution in [-0.4, -0.2) is 68.3 Å². The Morgan fingerprint density at radius 2 is 1.24 bits per heavy atom. The van der Waals surface area contributed by atoms with Crippen LogP contribution in [0.1, 0.15) is 42.1 Å². The van der Waals surface area contributed by atoms with Crippen molar-refractivity contribution in [2.24, 2.45) is 0 Å². The second-order valence-corrected chi connectivity index (χ2v) is 12.6. The van der Waals surface area contributed by atoms with Crippen LogP contribution in [0, 0.1) is 0 Å². The van der Waals surface area contributed by atoms with Crippen molar-refractivity contribution in [1.29, 1.82) is 0 Å². The average molecular weight is 812 g/mol. The van der Waals surface area contributed by atoms with Crippen LogP contribution >= 0.6 is 9.69 Å². The number of hydrogen-bond acceptors (Lipinski definition) is 8. The molecular formula is C38H47ClN2O7RuS. The minimum absolute atomic E-state index is 0.0996. The van der Waals surface area contributed by atoms with E-state index >= 15 is 0 Å². The molecule has 0 aliphatic rings. The van der Waals surface area contributed by atoms with Crippen LogP contribution in [0.4, 0.5) is 0 Å². The predicted molar refractivity (Wildman–Crippen MR) is 194 cm³/mol. The molecule has 0 aromatic heterocycles. The molecule has 0 unspecified atom stereocenters. The Hall–Kier alpha value is -2.86. The number of halogens is 1. The topological polar surface area (TPSA) is 106 Å². The molecule has 0 amide bonds. The van der Waals surface area contributed by atoms with Crippen LogP contribution in [-0.2, 0) is 48.0 Å². The van der Waals surface area contributed by atoms with Crippen LogP contribution in [0.25, 0.3) is 4.72 Å². The Balaban J connectivity index is 0.00000332. The van der Waals surface area contributed by atoms with Gasteiger partial charge >= 0.3 is 27.0 Å². The molecule has 0 spiro atoms. The minimum atomic E-state index is -4.03. The molecule has 0 aliphatic carbocycles. The second kappa shape index (κ2) is 24.4. The SMILES string of the molecule is CCOCCOCCOCCOc1ccc(S(=O)(=O)[N-][C@H](c2ccccc2)[C@@H](NCCCc2ccc(OC)cc2)c2ccccc2)cc1.[Cl][Ru+]. The Morgan fingerprint density at radius 3 is 1.82 bits per heavy atom. The Kier molecular flexibility index (Phi) is 20.2. The molecule has 0 saturated carbocycles. The van der Waals surface area contributed by atoms with Gasteiger partial charge in [-0.15, -0.1) is 0 Å². The van der Waals surface area contributed by atoms with Crippen molar-refractivity contribution in [3.8, 4) is 11.5 Å². The van der Waals surface area contributed by atoms with Crippen LogP contribution < -0.4 is 14.8 Å². The monoisotopic (exact) mass is 812 g/mol. The molecule has 1 N–H and O–H groups in total. The molecule has 2 atom stereocenters. The van der Waals surface area contributed by atoms with Crippen LogP contribution in [0.2, 0.25) is 0 Å². The first-order valence-corrected chi connectivity index (χ1v) is 20.2. The molecule has 272 valence electrons. The van der Waals surface area contributed by atoms with Crippen molar-refractivity contribution in [3.05, 3.63) is 131 Å². The van der Waals surface area contributed by atoms with Gasteiger partial charge in [0.2, 0.25) is 0 Å². The summed E-state index contributed by atoms with van der Waals surface area (Å²) in [6.07, 6.45) is 1.73. The molecule has 0 radical (unpaired) electrons. The number of aryl methyl sites for hydroxylation is 1.